The molecule has 0 fully saturated rings. The van der Waals surface area contributed by atoms with Gasteiger partial charge in [0.2, 0.25) is 0 Å². The number of allylic oxidation sites excluding steroid dienone is 1. The summed E-state index contributed by atoms with van der Waals surface area (Å²) in [5, 5.41) is 3.17. The zero-order valence-electron chi connectivity index (χ0n) is 12.7. The molecule has 0 bridgehead atoms. The molecule has 0 saturated heterocycles. The minimum atomic E-state index is -0.447. The van der Waals surface area contributed by atoms with E-state index in [1.165, 1.54) is 5.57 Å². The fourth-order valence-electron chi connectivity index (χ4n) is 1.89. The van der Waals surface area contributed by atoms with Gasteiger partial charge in [-0.15, -0.1) is 0 Å². The van der Waals surface area contributed by atoms with E-state index in [0.29, 0.717) is 13.1 Å². The number of carbonyl (C=O) groups is 1. The van der Waals surface area contributed by atoms with Crippen LogP contribution >= 0.6 is 0 Å². The third-order valence-corrected chi connectivity index (χ3v) is 2.83. The van der Waals surface area contributed by atoms with Gasteiger partial charge in [-0.3, -0.25) is 4.90 Å². The van der Waals surface area contributed by atoms with Gasteiger partial charge in [0.05, 0.1) is 13.1 Å². The molecule has 108 valence electrons. The number of ether oxygens (including phenoxy) is 1. The van der Waals surface area contributed by atoms with Crippen LogP contribution in [-0.4, -0.2) is 36.7 Å². The first-order valence-electron chi connectivity index (χ1n) is 6.91. The summed E-state index contributed by atoms with van der Waals surface area (Å²) in [6, 6.07) is 0. The summed E-state index contributed by atoms with van der Waals surface area (Å²) in [6.45, 7) is 9.02. The van der Waals surface area contributed by atoms with Crippen molar-refractivity contribution in [3.63, 3.8) is 0 Å². The highest BCUT2D eigenvalue weighted by Crippen LogP contribution is 2.19. The first kappa shape index (κ1) is 15.6. The molecule has 0 spiro atoms. The summed E-state index contributed by atoms with van der Waals surface area (Å²) in [4.78, 5) is 13.7. The molecule has 1 N–H and O–H groups in total. The molecule has 0 unspecified atom stereocenters. The number of carbonyl (C=O) groups excluding carboxylic acids is 1. The van der Waals surface area contributed by atoms with Gasteiger partial charge in [-0.25, -0.2) is 4.79 Å². The molecule has 4 nitrogen and oxygen atoms in total. The lowest BCUT2D eigenvalue weighted by molar-refractivity contribution is 0.0299. The summed E-state index contributed by atoms with van der Waals surface area (Å²) in [7, 11) is 1.89. The Hall–Kier alpha value is -1.45. The number of amides is 1. The number of nitrogens with one attached hydrogen (secondary N) is 1. The summed E-state index contributed by atoms with van der Waals surface area (Å²) >= 11 is 0. The van der Waals surface area contributed by atoms with Crippen LogP contribution in [0.4, 0.5) is 4.79 Å². The third kappa shape index (κ3) is 4.97. The molecule has 0 atom stereocenters. The van der Waals surface area contributed by atoms with E-state index in [4.69, 9.17) is 4.74 Å². The number of rotatable bonds is 4. The predicted molar refractivity (Wildman–Crippen MR) is 77.9 cm³/mol. The molecular weight excluding hydrogens is 240 g/mol. The maximum absolute atomic E-state index is 12.0. The average molecular weight is 266 g/mol. The van der Waals surface area contributed by atoms with Gasteiger partial charge >= 0.3 is 6.09 Å². The molecule has 0 aromatic carbocycles. The Balaban J connectivity index is 2.64. The van der Waals surface area contributed by atoms with Crippen molar-refractivity contribution >= 4 is 6.09 Å². The normalized spacial score (nSPS) is 16.4. The number of likely N-dealkylation sites (N-methyl/N-ethyl adjacent to an activating group) is 1. The summed E-state index contributed by atoms with van der Waals surface area (Å²) in [5.74, 6) is 0. The number of unbranched alkanes of at least 4 members (excludes halogenated alkanes) is 1. The maximum atomic E-state index is 12.0. The summed E-state index contributed by atoms with van der Waals surface area (Å²) < 4.78 is 5.40. The van der Waals surface area contributed by atoms with E-state index in [0.717, 1.165) is 18.5 Å². The standard InChI is InChI=1S/C15H26N2O2/c1-6-7-8-9-12-10-17(11-13(12)16-5)14(18)19-15(2,3)4/h8-9,16H,6-7,10-11H2,1-5H3/b9-8+. The van der Waals surface area contributed by atoms with E-state index in [1.807, 2.05) is 27.8 Å². The van der Waals surface area contributed by atoms with Crippen molar-refractivity contribution in [2.45, 2.75) is 46.1 Å². The van der Waals surface area contributed by atoms with Gasteiger partial charge in [-0.2, -0.15) is 0 Å². The highest BCUT2D eigenvalue weighted by atomic mass is 16.6. The van der Waals surface area contributed by atoms with Crippen molar-refractivity contribution in [1.82, 2.24) is 10.2 Å². The monoisotopic (exact) mass is 266 g/mol. The zero-order valence-corrected chi connectivity index (χ0v) is 12.7. The van der Waals surface area contributed by atoms with E-state index >= 15 is 0 Å². The van der Waals surface area contributed by atoms with Crippen molar-refractivity contribution in [2.24, 2.45) is 0 Å². The Kier molecular flexibility index (Phi) is 5.45. The largest absolute Gasteiger partial charge is 0.444 e. The predicted octanol–water partition coefficient (Wildman–Crippen LogP) is 3.07. The quantitative estimate of drug-likeness (QED) is 0.850. The molecule has 0 radical (unpaired) electrons. The van der Waals surface area contributed by atoms with E-state index in [2.05, 4.69) is 24.4 Å². The summed E-state index contributed by atoms with van der Waals surface area (Å²) in [6.07, 6.45) is 6.21. The first-order chi connectivity index (χ1) is 8.87. The molecule has 0 saturated carbocycles. The lowest BCUT2D eigenvalue weighted by atomic mass is 10.2. The van der Waals surface area contributed by atoms with E-state index in [9.17, 15) is 4.79 Å². The van der Waals surface area contributed by atoms with E-state index in [-0.39, 0.29) is 6.09 Å². The summed E-state index contributed by atoms with van der Waals surface area (Å²) in [5.41, 5.74) is 1.82. The molecule has 1 heterocycles. The second-order valence-corrected chi connectivity index (χ2v) is 5.78. The van der Waals surface area contributed by atoms with Crippen molar-refractivity contribution in [1.29, 1.82) is 0 Å². The Bertz CT molecular complexity index is 378. The fourth-order valence-corrected chi connectivity index (χ4v) is 1.89. The van der Waals surface area contributed by atoms with Crippen LogP contribution in [0.5, 0.6) is 0 Å². The topological polar surface area (TPSA) is 41.6 Å². The minimum absolute atomic E-state index is 0.251. The van der Waals surface area contributed by atoms with Crippen molar-refractivity contribution in [3.05, 3.63) is 23.4 Å². The lowest BCUT2D eigenvalue weighted by Crippen LogP contribution is -2.36. The minimum Gasteiger partial charge on any atom is -0.444 e. The number of nitrogens with zero attached hydrogens (tertiary/aromatic N) is 1. The molecule has 19 heavy (non-hydrogen) atoms. The lowest BCUT2D eigenvalue weighted by Gasteiger charge is -2.24. The Morgan fingerprint density at radius 1 is 1.42 bits per heavy atom. The molecule has 0 aromatic rings. The molecule has 4 heteroatoms. The van der Waals surface area contributed by atoms with Gasteiger partial charge < -0.3 is 10.1 Å². The molecule has 0 aromatic heterocycles. The third-order valence-electron chi connectivity index (χ3n) is 2.83. The SMILES string of the molecule is CCC/C=C/C1=C(NC)CN(C(=O)OC(C)(C)C)C1. The van der Waals surface area contributed by atoms with E-state index < -0.39 is 5.60 Å². The number of hydrogen-bond donors (Lipinski definition) is 1. The molecule has 1 amide bonds. The van der Waals surface area contributed by atoms with Gasteiger partial charge in [0, 0.05) is 12.7 Å². The van der Waals surface area contributed by atoms with Crippen LogP contribution in [0.15, 0.2) is 23.4 Å². The second kappa shape index (κ2) is 6.64. The van der Waals surface area contributed by atoms with Crippen LogP contribution < -0.4 is 5.32 Å². The van der Waals surface area contributed by atoms with Gasteiger partial charge in [0.15, 0.2) is 0 Å². The smallest absolute Gasteiger partial charge is 0.410 e. The van der Waals surface area contributed by atoms with Crippen LogP contribution in [-0.2, 0) is 4.74 Å². The fraction of sp³-hybridized carbons (Fsp3) is 0.667. The molecule has 1 aliphatic heterocycles. The Morgan fingerprint density at radius 2 is 2.11 bits per heavy atom. The molecular formula is C15H26N2O2. The zero-order chi connectivity index (χ0) is 14.5. The van der Waals surface area contributed by atoms with Gasteiger partial charge in [0.25, 0.3) is 0 Å². The highest BCUT2D eigenvalue weighted by molar-refractivity contribution is 5.70. The second-order valence-electron chi connectivity index (χ2n) is 5.78. The first-order valence-corrected chi connectivity index (χ1v) is 6.91. The molecule has 1 aliphatic rings. The van der Waals surface area contributed by atoms with Crippen LogP contribution in [0.2, 0.25) is 0 Å². The maximum Gasteiger partial charge on any atom is 0.410 e. The van der Waals surface area contributed by atoms with Crippen molar-refractivity contribution in [3.8, 4) is 0 Å². The van der Waals surface area contributed by atoms with Crippen molar-refractivity contribution < 1.29 is 9.53 Å². The van der Waals surface area contributed by atoms with Crippen LogP contribution in [0.3, 0.4) is 0 Å². The average Bonchev–Trinajstić information content (AvgIpc) is 2.70. The molecule has 0 aliphatic carbocycles. The van der Waals surface area contributed by atoms with Gasteiger partial charge in [-0.1, -0.05) is 25.5 Å². The van der Waals surface area contributed by atoms with Crippen LogP contribution in [0.1, 0.15) is 40.5 Å². The Morgan fingerprint density at radius 3 is 2.63 bits per heavy atom. The van der Waals surface area contributed by atoms with Crippen LogP contribution in [0.25, 0.3) is 0 Å². The highest BCUT2D eigenvalue weighted by Gasteiger charge is 2.28. The van der Waals surface area contributed by atoms with Gasteiger partial charge in [-0.05, 0) is 32.8 Å². The number of hydrogen-bond acceptors (Lipinski definition) is 3. The van der Waals surface area contributed by atoms with Crippen LogP contribution in [0, 0.1) is 0 Å². The molecule has 1 rings (SSSR count). The van der Waals surface area contributed by atoms with E-state index in [1.54, 1.807) is 4.90 Å². The Labute approximate surface area is 116 Å². The van der Waals surface area contributed by atoms with Crippen molar-refractivity contribution in [2.75, 3.05) is 20.1 Å². The van der Waals surface area contributed by atoms with Gasteiger partial charge in [0.1, 0.15) is 5.60 Å².